The molecule has 1 amide bonds. The van der Waals surface area contributed by atoms with Crippen molar-refractivity contribution in [3.63, 3.8) is 0 Å². The predicted molar refractivity (Wildman–Crippen MR) is 168 cm³/mol. The van der Waals surface area contributed by atoms with Gasteiger partial charge in [-0.25, -0.2) is 9.59 Å². The maximum absolute atomic E-state index is 14.1. The van der Waals surface area contributed by atoms with Crippen LogP contribution in [0.25, 0.3) is 6.08 Å². The van der Waals surface area contributed by atoms with Crippen molar-refractivity contribution in [1.29, 1.82) is 0 Å². The standard InChI is InChI=1S/C36H38N2O11/c1-34(2)19-44-32(42)30(34)46-25(40)12-11-20-7-3-6-10-23(20)18-38-28-31(41)45-24-17-36(28,33(43)37-13-14-39)29(49-38)27-26(24)47-35(48-27)15-21-8-4-5-9-22(21)16-35/h3-12,24,26-30,39H,13-19H2,1-2H3,(H,37,43). The van der Waals surface area contributed by atoms with Gasteiger partial charge in [-0.05, 0) is 28.3 Å². The summed E-state index contributed by atoms with van der Waals surface area (Å²) in [6.45, 7) is 3.52. The molecule has 0 aromatic heterocycles. The van der Waals surface area contributed by atoms with Crippen LogP contribution in [0.4, 0.5) is 0 Å². The fourth-order valence-electron chi connectivity index (χ4n) is 8.35. The van der Waals surface area contributed by atoms with E-state index in [2.05, 4.69) is 5.32 Å². The Kier molecular flexibility index (Phi) is 7.68. The van der Waals surface area contributed by atoms with E-state index in [4.69, 9.17) is 28.5 Å². The van der Waals surface area contributed by atoms with Crippen molar-refractivity contribution in [2.45, 2.75) is 82.0 Å². The average Bonchev–Trinajstić information content (AvgIpc) is 3.81. The Balaban J connectivity index is 1.08. The number of carbonyl (C=O) groups is 4. The molecule has 13 nitrogen and oxygen atoms in total. The van der Waals surface area contributed by atoms with Crippen LogP contribution >= 0.6 is 0 Å². The maximum atomic E-state index is 14.1. The van der Waals surface area contributed by atoms with Gasteiger partial charge in [0.1, 0.15) is 36.4 Å². The van der Waals surface area contributed by atoms with E-state index in [0.29, 0.717) is 24.0 Å². The highest BCUT2D eigenvalue weighted by atomic mass is 16.8. The first kappa shape index (κ1) is 32.1. The zero-order valence-electron chi connectivity index (χ0n) is 27.2. The molecule has 5 fully saturated rings. The highest BCUT2D eigenvalue weighted by molar-refractivity contribution is 5.94. The SMILES string of the molecule is CC1(C)COC(=O)C1OC(=O)C=Cc1ccccc1CN1OC2C3OC4(Cc5ccccc5C4)OC3C3CC2(C(=O)NCCO)C1C(=O)O3. The number of cyclic esters (lactones) is 1. The summed E-state index contributed by atoms with van der Waals surface area (Å²) in [6, 6.07) is 14.1. The Labute approximate surface area is 282 Å². The number of amides is 1. The number of esters is 3. The van der Waals surface area contributed by atoms with E-state index in [1.54, 1.807) is 32.1 Å². The number of hydrogen-bond acceptors (Lipinski definition) is 12. The second kappa shape index (κ2) is 11.7. The summed E-state index contributed by atoms with van der Waals surface area (Å²) in [6.07, 6.45) is -0.0112. The zero-order valence-corrected chi connectivity index (χ0v) is 27.2. The summed E-state index contributed by atoms with van der Waals surface area (Å²) in [5.41, 5.74) is 1.52. The van der Waals surface area contributed by atoms with Crippen LogP contribution < -0.4 is 5.32 Å². The molecule has 4 heterocycles. The number of nitrogens with zero attached hydrogens (tertiary/aromatic N) is 1. The van der Waals surface area contributed by atoms with Gasteiger partial charge in [-0.1, -0.05) is 62.4 Å². The topological polar surface area (TPSA) is 159 Å². The molecule has 2 aromatic carbocycles. The van der Waals surface area contributed by atoms with Crippen molar-refractivity contribution in [3.05, 3.63) is 76.9 Å². The Morgan fingerprint density at radius 3 is 2.45 bits per heavy atom. The van der Waals surface area contributed by atoms with Crippen molar-refractivity contribution < 1.29 is 52.8 Å². The highest BCUT2D eigenvalue weighted by Gasteiger charge is 2.76. The van der Waals surface area contributed by atoms with Crippen LogP contribution in [0.15, 0.2) is 54.6 Å². The van der Waals surface area contributed by atoms with Crippen LogP contribution in [0, 0.1) is 10.8 Å². The molecule has 4 saturated heterocycles. The zero-order chi connectivity index (χ0) is 34.1. The molecule has 7 unspecified atom stereocenters. The van der Waals surface area contributed by atoms with Crippen LogP contribution in [-0.4, -0.2) is 96.1 Å². The van der Waals surface area contributed by atoms with Gasteiger partial charge < -0.3 is 34.1 Å². The molecule has 4 aliphatic heterocycles. The predicted octanol–water partition coefficient (Wildman–Crippen LogP) is 1.38. The molecule has 8 rings (SSSR count). The van der Waals surface area contributed by atoms with Crippen LogP contribution in [0.5, 0.6) is 0 Å². The number of hydroxylamine groups is 2. The van der Waals surface area contributed by atoms with Crippen molar-refractivity contribution >= 4 is 29.9 Å². The second-order valence-electron chi connectivity index (χ2n) is 14.3. The number of ether oxygens (including phenoxy) is 5. The van der Waals surface area contributed by atoms with E-state index in [-0.39, 0.29) is 32.7 Å². The molecule has 13 heteroatoms. The first-order chi connectivity index (χ1) is 23.5. The highest BCUT2D eigenvalue weighted by Crippen LogP contribution is 2.58. The third-order valence-electron chi connectivity index (χ3n) is 10.6. The van der Waals surface area contributed by atoms with E-state index in [9.17, 15) is 24.3 Å². The molecule has 1 spiro atoms. The van der Waals surface area contributed by atoms with Gasteiger partial charge in [-0.3, -0.25) is 14.4 Å². The molecule has 7 atom stereocenters. The third kappa shape index (κ3) is 5.18. The van der Waals surface area contributed by atoms with E-state index in [1.165, 1.54) is 11.1 Å². The van der Waals surface area contributed by atoms with Crippen molar-refractivity contribution in [1.82, 2.24) is 10.4 Å². The van der Waals surface area contributed by atoms with Crippen LogP contribution in [-0.2, 0) is 67.1 Å². The number of aliphatic hydroxyl groups is 1. The lowest BCUT2D eigenvalue weighted by Gasteiger charge is -2.48. The summed E-state index contributed by atoms with van der Waals surface area (Å²) in [5.74, 6) is -3.31. The fraction of sp³-hybridized carbons (Fsp3) is 0.500. The largest absolute Gasteiger partial charge is 0.462 e. The molecule has 2 N–H and O–H groups in total. The number of nitrogens with one attached hydrogen (secondary N) is 1. The molecule has 2 bridgehead atoms. The summed E-state index contributed by atoms with van der Waals surface area (Å²) in [4.78, 5) is 59.5. The molecule has 0 radical (unpaired) electrons. The first-order valence-corrected chi connectivity index (χ1v) is 16.6. The molecule has 258 valence electrons. The van der Waals surface area contributed by atoms with Gasteiger partial charge in [0.25, 0.3) is 0 Å². The number of aliphatic hydroxyl groups excluding tert-OH is 1. The Hall–Kier alpha value is -4.14. The number of carbonyl (C=O) groups excluding carboxylic acids is 4. The van der Waals surface area contributed by atoms with Crippen LogP contribution in [0.1, 0.15) is 42.5 Å². The lowest BCUT2D eigenvalue weighted by atomic mass is 9.62. The minimum Gasteiger partial charge on any atom is -0.462 e. The second-order valence-corrected chi connectivity index (χ2v) is 14.3. The van der Waals surface area contributed by atoms with E-state index in [1.807, 2.05) is 36.4 Å². The normalized spacial score (nSPS) is 33.3. The van der Waals surface area contributed by atoms with Crippen molar-refractivity contribution in [3.8, 4) is 0 Å². The summed E-state index contributed by atoms with van der Waals surface area (Å²) in [7, 11) is 0. The van der Waals surface area contributed by atoms with Gasteiger partial charge in [0.05, 0.1) is 13.2 Å². The quantitative estimate of drug-likeness (QED) is 0.236. The molecular weight excluding hydrogens is 636 g/mol. The lowest BCUT2D eigenvalue weighted by molar-refractivity contribution is -0.217. The van der Waals surface area contributed by atoms with Crippen LogP contribution in [0.3, 0.4) is 0 Å². The first-order valence-electron chi connectivity index (χ1n) is 16.6. The molecule has 49 heavy (non-hydrogen) atoms. The van der Waals surface area contributed by atoms with Gasteiger partial charge in [0.2, 0.25) is 12.0 Å². The summed E-state index contributed by atoms with van der Waals surface area (Å²) in [5, 5.41) is 13.8. The molecule has 2 aliphatic carbocycles. The van der Waals surface area contributed by atoms with E-state index < -0.39 is 77.0 Å². The molecule has 2 aromatic rings. The number of benzene rings is 2. The fourth-order valence-corrected chi connectivity index (χ4v) is 8.35. The van der Waals surface area contributed by atoms with Crippen LogP contribution in [0.2, 0.25) is 0 Å². The van der Waals surface area contributed by atoms with E-state index in [0.717, 1.165) is 11.1 Å². The van der Waals surface area contributed by atoms with Crippen molar-refractivity contribution in [2.24, 2.45) is 10.8 Å². The number of fused-ring (bicyclic) bond motifs is 5. The monoisotopic (exact) mass is 674 g/mol. The van der Waals surface area contributed by atoms with Gasteiger partial charge in [0.15, 0.2) is 11.8 Å². The summed E-state index contributed by atoms with van der Waals surface area (Å²) >= 11 is 0. The Bertz CT molecular complexity index is 1720. The smallest absolute Gasteiger partial charge is 0.348 e. The minimum absolute atomic E-state index is 0.00390. The minimum atomic E-state index is -1.38. The molecule has 1 saturated carbocycles. The summed E-state index contributed by atoms with van der Waals surface area (Å²) < 4.78 is 29.9. The molecule has 6 aliphatic rings. The Morgan fingerprint density at radius 1 is 1.02 bits per heavy atom. The molecular formula is C36H38N2O11. The third-order valence-corrected chi connectivity index (χ3v) is 10.6. The van der Waals surface area contributed by atoms with Gasteiger partial charge in [0, 0.05) is 37.3 Å². The van der Waals surface area contributed by atoms with Gasteiger partial charge >= 0.3 is 17.9 Å². The lowest BCUT2D eigenvalue weighted by Crippen LogP contribution is -2.69. The number of hydrogen-bond donors (Lipinski definition) is 2. The number of rotatable bonds is 8. The Morgan fingerprint density at radius 2 is 1.73 bits per heavy atom. The van der Waals surface area contributed by atoms with E-state index >= 15 is 0 Å². The van der Waals surface area contributed by atoms with Gasteiger partial charge in [-0.2, -0.15) is 5.06 Å². The maximum Gasteiger partial charge on any atom is 0.348 e. The van der Waals surface area contributed by atoms with Crippen molar-refractivity contribution in [2.75, 3.05) is 19.8 Å². The van der Waals surface area contributed by atoms with Gasteiger partial charge in [-0.15, -0.1) is 0 Å². The average molecular weight is 675 g/mol.